The van der Waals surface area contributed by atoms with Gasteiger partial charge in [0.1, 0.15) is 0 Å². The zero-order valence-electron chi connectivity index (χ0n) is 13.6. The first-order valence-electron chi connectivity index (χ1n) is 7.94. The van der Waals surface area contributed by atoms with E-state index in [4.69, 9.17) is 9.47 Å². The lowest BCUT2D eigenvalue weighted by Crippen LogP contribution is -2.53. The molecule has 5 nitrogen and oxygen atoms in total. The number of nitrogens with zero attached hydrogens (tertiary/aromatic N) is 2. The minimum Gasteiger partial charge on any atom is -0.454 e. The highest BCUT2D eigenvalue weighted by Gasteiger charge is 2.36. The van der Waals surface area contributed by atoms with Gasteiger partial charge in [0.05, 0.1) is 5.41 Å². The molecule has 1 saturated heterocycles. The van der Waals surface area contributed by atoms with Crippen LogP contribution in [0.5, 0.6) is 11.5 Å². The number of piperazine rings is 1. The van der Waals surface area contributed by atoms with Crippen LogP contribution in [0.15, 0.2) is 18.2 Å². The molecule has 0 radical (unpaired) electrons. The smallest absolute Gasteiger partial charge is 0.232 e. The van der Waals surface area contributed by atoms with Crippen molar-refractivity contribution in [3.05, 3.63) is 23.8 Å². The molecule has 120 valence electrons. The summed E-state index contributed by atoms with van der Waals surface area (Å²) < 4.78 is 10.8. The van der Waals surface area contributed by atoms with Crippen LogP contribution in [0.1, 0.15) is 26.3 Å². The fourth-order valence-electron chi connectivity index (χ4n) is 3.07. The van der Waals surface area contributed by atoms with E-state index in [9.17, 15) is 4.79 Å². The van der Waals surface area contributed by atoms with Crippen LogP contribution in [0.4, 0.5) is 0 Å². The molecule has 2 heterocycles. The Labute approximate surface area is 131 Å². The first-order chi connectivity index (χ1) is 10.5. The van der Waals surface area contributed by atoms with Crippen molar-refractivity contribution in [2.24, 2.45) is 0 Å². The maximum absolute atomic E-state index is 13.0. The van der Waals surface area contributed by atoms with E-state index in [0.717, 1.165) is 49.8 Å². The van der Waals surface area contributed by atoms with Crippen LogP contribution in [0, 0.1) is 0 Å². The van der Waals surface area contributed by atoms with Gasteiger partial charge in [0.25, 0.3) is 0 Å². The van der Waals surface area contributed by atoms with E-state index < -0.39 is 5.41 Å². The Morgan fingerprint density at radius 3 is 2.50 bits per heavy atom. The monoisotopic (exact) mass is 304 g/mol. The van der Waals surface area contributed by atoms with Crippen LogP contribution in [0.3, 0.4) is 0 Å². The first-order valence-corrected chi connectivity index (χ1v) is 7.94. The van der Waals surface area contributed by atoms with Gasteiger partial charge < -0.3 is 19.3 Å². The summed E-state index contributed by atoms with van der Waals surface area (Å²) in [6.07, 6.45) is 0. The van der Waals surface area contributed by atoms with E-state index in [1.807, 2.05) is 36.9 Å². The SMILES string of the molecule is CCN1CCN(C(=O)C(C)(C)c2ccc3c(c2)OCO3)CC1. The molecule has 1 amide bonds. The standard InChI is InChI=1S/C17H24N2O3/c1-4-18-7-9-19(10-8-18)16(20)17(2,3)13-5-6-14-15(11-13)22-12-21-14/h5-6,11H,4,7-10,12H2,1-3H3. The first kappa shape index (κ1) is 15.2. The Balaban J connectivity index is 1.76. The number of carbonyl (C=O) groups is 1. The van der Waals surface area contributed by atoms with Crippen LogP contribution >= 0.6 is 0 Å². The van der Waals surface area contributed by atoms with Crippen molar-refractivity contribution < 1.29 is 14.3 Å². The third kappa shape index (κ3) is 2.65. The molecule has 0 aliphatic carbocycles. The molecule has 1 fully saturated rings. The van der Waals surface area contributed by atoms with Gasteiger partial charge in [-0.3, -0.25) is 4.79 Å². The van der Waals surface area contributed by atoms with Gasteiger partial charge >= 0.3 is 0 Å². The predicted molar refractivity (Wildman–Crippen MR) is 84.3 cm³/mol. The summed E-state index contributed by atoms with van der Waals surface area (Å²) in [5.74, 6) is 1.67. The van der Waals surface area contributed by atoms with Crippen molar-refractivity contribution in [3.63, 3.8) is 0 Å². The summed E-state index contributed by atoms with van der Waals surface area (Å²) in [6, 6.07) is 5.79. The highest BCUT2D eigenvalue weighted by Crippen LogP contribution is 2.37. The van der Waals surface area contributed by atoms with Crippen molar-refractivity contribution >= 4 is 5.91 Å². The number of fused-ring (bicyclic) bond motifs is 1. The molecule has 1 aromatic carbocycles. The van der Waals surface area contributed by atoms with Crippen molar-refractivity contribution in [1.29, 1.82) is 0 Å². The Hall–Kier alpha value is -1.75. The Bertz CT molecular complexity index is 563. The van der Waals surface area contributed by atoms with Gasteiger partial charge in [-0.2, -0.15) is 0 Å². The minimum absolute atomic E-state index is 0.183. The van der Waals surface area contributed by atoms with Gasteiger partial charge in [-0.15, -0.1) is 0 Å². The average Bonchev–Trinajstić information content (AvgIpc) is 3.01. The summed E-state index contributed by atoms with van der Waals surface area (Å²) in [5.41, 5.74) is 0.412. The van der Waals surface area contributed by atoms with E-state index >= 15 is 0 Å². The molecule has 22 heavy (non-hydrogen) atoms. The van der Waals surface area contributed by atoms with Gasteiger partial charge in [-0.1, -0.05) is 13.0 Å². The molecule has 0 atom stereocenters. The zero-order valence-corrected chi connectivity index (χ0v) is 13.6. The summed E-state index contributed by atoms with van der Waals surface area (Å²) in [7, 11) is 0. The molecule has 2 aliphatic heterocycles. The van der Waals surface area contributed by atoms with E-state index in [2.05, 4.69) is 11.8 Å². The Morgan fingerprint density at radius 2 is 1.82 bits per heavy atom. The van der Waals surface area contributed by atoms with Gasteiger partial charge in [0, 0.05) is 26.2 Å². The maximum atomic E-state index is 13.0. The molecule has 0 bridgehead atoms. The number of rotatable bonds is 3. The molecule has 1 aromatic rings. The minimum atomic E-state index is -0.560. The van der Waals surface area contributed by atoms with Crippen molar-refractivity contribution in [3.8, 4) is 11.5 Å². The number of hydrogen-bond acceptors (Lipinski definition) is 4. The van der Waals surface area contributed by atoms with Crippen LogP contribution in [0.2, 0.25) is 0 Å². The lowest BCUT2D eigenvalue weighted by atomic mass is 9.82. The van der Waals surface area contributed by atoms with E-state index in [1.54, 1.807) is 0 Å². The normalized spacial score (nSPS) is 18.6. The van der Waals surface area contributed by atoms with Gasteiger partial charge in [-0.25, -0.2) is 0 Å². The number of benzene rings is 1. The number of amides is 1. The highest BCUT2D eigenvalue weighted by molar-refractivity contribution is 5.87. The molecule has 0 aromatic heterocycles. The molecular formula is C17H24N2O3. The molecule has 0 spiro atoms. The Kier molecular flexibility index (Phi) is 4.00. The van der Waals surface area contributed by atoms with Crippen molar-refractivity contribution in [2.75, 3.05) is 39.5 Å². The summed E-state index contributed by atoms with van der Waals surface area (Å²) in [5, 5.41) is 0. The van der Waals surface area contributed by atoms with E-state index in [-0.39, 0.29) is 12.7 Å². The number of carbonyl (C=O) groups excluding carboxylic acids is 1. The van der Waals surface area contributed by atoms with Gasteiger partial charge in [-0.05, 0) is 38.1 Å². The zero-order chi connectivity index (χ0) is 15.7. The third-order valence-corrected chi connectivity index (χ3v) is 4.74. The fraction of sp³-hybridized carbons (Fsp3) is 0.588. The second-order valence-electron chi connectivity index (χ2n) is 6.42. The highest BCUT2D eigenvalue weighted by atomic mass is 16.7. The molecular weight excluding hydrogens is 280 g/mol. The molecule has 2 aliphatic rings. The van der Waals surface area contributed by atoms with Crippen molar-refractivity contribution in [1.82, 2.24) is 9.80 Å². The predicted octanol–water partition coefficient (Wildman–Crippen LogP) is 1.86. The second-order valence-corrected chi connectivity index (χ2v) is 6.42. The number of hydrogen-bond donors (Lipinski definition) is 0. The lowest BCUT2D eigenvalue weighted by molar-refractivity contribution is -0.138. The fourth-order valence-corrected chi connectivity index (χ4v) is 3.07. The van der Waals surface area contributed by atoms with Gasteiger partial charge in [0.15, 0.2) is 11.5 Å². The Morgan fingerprint density at radius 1 is 1.14 bits per heavy atom. The van der Waals surface area contributed by atoms with E-state index in [0.29, 0.717) is 0 Å². The van der Waals surface area contributed by atoms with Crippen LogP contribution < -0.4 is 9.47 Å². The van der Waals surface area contributed by atoms with Crippen LogP contribution in [0.25, 0.3) is 0 Å². The average molecular weight is 304 g/mol. The largest absolute Gasteiger partial charge is 0.454 e. The quantitative estimate of drug-likeness (QED) is 0.855. The number of ether oxygens (including phenoxy) is 2. The lowest BCUT2D eigenvalue weighted by Gasteiger charge is -2.38. The summed E-state index contributed by atoms with van der Waals surface area (Å²) in [4.78, 5) is 17.3. The topological polar surface area (TPSA) is 42.0 Å². The summed E-state index contributed by atoms with van der Waals surface area (Å²) in [6.45, 7) is 11.0. The number of likely N-dealkylation sites (N-methyl/N-ethyl adjacent to an activating group) is 1. The molecule has 5 heteroatoms. The van der Waals surface area contributed by atoms with Crippen LogP contribution in [-0.2, 0) is 10.2 Å². The van der Waals surface area contributed by atoms with E-state index in [1.165, 1.54) is 0 Å². The molecule has 0 N–H and O–H groups in total. The van der Waals surface area contributed by atoms with Crippen molar-refractivity contribution in [2.45, 2.75) is 26.2 Å². The molecule has 0 unspecified atom stereocenters. The molecule has 3 rings (SSSR count). The third-order valence-electron chi connectivity index (χ3n) is 4.74. The molecule has 0 saturated carbocycles. The van der Waals surface area contributed by atoms with Gasteiger partial charge in [0.2, 0.25) is 12.7 Å². The summed E-state index contributed by atoms with van der Waals surface area (Å²) >= 11 is 0. The van der Waals surface area contributed by atoms with Crippen LogP contribution in [-0.4, -0.2) is 55.2 Å². The second kappa shape index (κ2) is 5.80. The maximum Gasteiger partial charge on any atom is 0.232 e.